The highest BCUT2D eigenvalue weighted by Gasteiger charge is 2.17. The van der Waals surface area contributed by atoms with E-state index in [9.17, 15) is 8.78 Å². The fourth-order valence-electron chi connectivity index (χ4n) is 2.24. The number of likely N-dealkylation sites (N-methyl/N-ethyl adjacent to an activating group) is 1. The molecule has 0 aliphatic carbocycles. The van der Waals surface area contributed by atoms with Crippen LogP contribution in [0.3, 0.4) is 0 Å². The van der Waals surface area contributed by atoms with E-state index in [-0.39, 0.29) is 17.7 Å². The average molecular weight is 375 g/mol. The highest BCUT2D eigenvalue weighted by atomic mass is 79.9. The highest BCUT2D eigenvalue weighted by molar-refractivity contribution is 9.10. The second-order valence-corrected chi connectivity index (χ2v) is 6.01. The van der Waals surface area contributed by atoms with Gasteiger partial charge in [0.2, 0.25) is 0 Å². The Kier molecular flexibility index (Phi) is 5.73. The van der Waals surface area contributed by atoms with Crippen LogP contribution in [0.4, 0.5) is 8.78 Å². The molecule has 0 fully saturated rings. The molecule has 1 N–H and O–H groups in total. The van der Waals surface area contributed by atoms with Gasteiger partial charge in [-0.3, -0.25) is 0 Å². The Bertz CT molecular complexity index is 634. The molecule has 1 nitrogen and oxygen atoms in total. The lowest BCUT2D eigenvalue weighted by atomic mass is 9.98. The van der Waals surface area contributed by atoms with Gasteiger partial charge in [-0.15, -0.1) is 0 Å². The second kappa shape index (κ2) is 7.34. The van der Waals surface area contributed by atoms with Crippen molar-refractivity contribution in [3.63, 3.8) is 0 Å². The Morgan fingerprint density at radius 3 is 2.67 bits per heavy atom. The summed E-state index contributed by atoms with van der Waals surface area (Å²) < 4.78 is 28.2. The van der Waals surface area contributed by atoms with Crippen molar-refractivity contribution in [2.45, 2.75) is 19.4 Å². The third-order valence-electron chi connectivity index (χ3n) is 3.22. The van der Waals surface area contributed by atoms with Crippen LogP contribution < -0.4 is 5.32 Å². The summed E-state index contributed by atoms with van der Waals surface area (Å²) in [5, 5.41) is 3.74. The van der Waals surface area contributed by atoms with Crippen molar-refractivity contribution in [3.8, 4) is 0 Å². The monoisotopic (exact) mass is 373 g/mol. The van der Waals surface area contributed by atoms with Gasteiger partial charge >= 0.3 is 0 Å². The van der Waals surface area contributed by atoms with E-state index in [0.29, 0.717) is 23.6 Å². The van der Waals surface area contributed by atoms with Crippen molar-refractivity contribution < 1.29 is 8.78 Å². The average Bonchev–Trinajstić information content (AvgIpc) is 2.45. The van der Waals surface area contributed by atoms with E-state index in [1.54, 1.807) is 12.1 Å². The zero-order valence-corrected chi connectivity index (χ0v) is 13.8. The summed E-state index contributed by atoms with van der Waals surface area (Å²) in [5.41, 5.74) is 1.26. The lowest BCUT2D eigenvalue weighted by Crippen LogP contribution is -2.24. The molecule has 0 aliphatic rings. The molecule has 0 aliphatic heterocycles. The van der Waals surface area contributed by atoms with Gasteiger partial charge in [0.1, 0.15) is 11.6 Å². The fraction of sp³-hybridized carbons (Fsp3) is 0.250. The summed E-state index contributed by atoms with van der Waals surface area (Å²) in [7, 11) is 0. The van der Waals surface area contributed by atoms with Gasteiger partial charge < -0.3 is 5.32 Å². The molecule has 0 saturated heterocycles. The van der Waals surface area contributed by atoms with Gasteiger partial charge in [0, 0.05) is 15.5 Å². The van der Waals surface area contributed by atoms with Crippen LogP contribution in [0.15, 0.2) is 40.9 Å². The molecule has 0 spiro atoms. The standard InChI is InChI=1S/C16H15BrClF2N/c1-2-21-16(13-9-12(19)4-5-14(13)17)8-10-7-11(18)3-6-15(10)20/h3-7,9,16,21H,2,8H2,1H3. The van der Waals surface area contributed by atoms with Crippen LogP contribution in [0.5, 0.6) is 0 Å². The molecule has 1 atom stereocenters. The first-order valence-electron chi connectivity index (χ1n) is 6.63. The molecular formula is C16H15BrClF2N. The highest BCUT2D eigenvalue weighted by Crippen LogP contribution is 2.28. The molecule has 5 heteroatoms. The van der Waals surface area contributed by atoms with E-state index in [0.717, 1.165) is 10.0 Å². The summed E-state index contributed by atoms with van der Waals surface area (Å²) in [6.45, 7) is 2.64. The molecular weight excluding hydrogens is 360 g/mol. The van der Waals surface area contributed by atoms with E-state index in [4.69, 9.17) is 11.6 Å². The predicted octanol–water partition coefficient (Wildman–Crippen LogP) is 5.27. The summed E-state index contributed by atoms with van der Waals surface area (Å²) >= 11 is 9.34. The van der Waals surface area contributed by atoms with Gasteiger partial charge in [0.25, 0.3) is 0 Å². The third kappa shape index (κ3) is 4.25. The number of halogens is 4. The van der Waals surface area contributed by atoms with Crippen molar-refractivity contribution in [2.24, 2.45) is 0 Å². The third-order valence-corrected chi connectivity index (χ3v) is 4.17. The van der Waals surface area contributed by atoms with E-state index in [1.807, 2.05) is 6.92 Å². The number of hydrogen-bond acceptors (Lipinski definition) is 1. The smallest absolute Gasteiger partial charge is 0.126 e. The van der Waals surface area contributed by atoms with Crippen molar-refractivity contribution in [1.29, 1.82) is 0 Å². The van der Waals surface area contributed by atoms with Crippen LogP contribution in [0, 0.1) is 11.6 Å². The van der Waals surface area contributed by atoms with Crippen LogP contribution in [0.2, 0.25) is 5.02 Å². The number of rotatable bonds is 5. The van der Waals surface area contributed by atoms with Gasteiger partial charge in [-0.2, -0.15) is 0 Å². The molecule has 2 rings (SSSR count). The van der Waals surface area contributed by atoms with Crippen molar-refractivity contribution >= 4 is 27.5 Å². The Labute approximate surface area is 136 Å². The van der Waals surface area contributed by atoms with Gasteiger partial charge in [0.05, 0.1) is 0 Å². The van der Waals surface area contributed by atoms with Crippen molar-refractivity contribution in [1.82, 2.24) is 5.32 Å². The maximum atomic E-state index is 13.9. The van der Waals surface area contributed by atoms with Gasteiger partial charge in [-0.25, -0.2) is 8.78 Å². The minimum atomic E-state index is -0.317. The van der Waals surface area contributed by atoms with Crippen LogP contribution >= 0.6 is 27.5 Å². The Morgan fingerprint density at radius 1 is 1.19 bits per heavy atom. The molecule has 2 aromatic carbocycles. The Hall–Kier alpha value is -0.970. The first-order chi connectivity index (χ1) is 10.0. The zero-order valence-electron chi connectivity index (χ0n) is 11.5. The lowest BCUT2D eigenvalue weighted by molar-refractivity contribution is 0.522. The Morgan fingerprint density at radius 2 is 1.95 bits per heavy atom. The number of hydrogen-bond donors (Lipinski definition) is 1. The van der Waals surface area contributed by atoms with Gasteiger partial charge in [-0.1, -0.05) is 34.5 Å². The van der Waals surface area contributed by atoms with Crippen molar-refractivity contribution in [3.05, 3.63) is 68.7 Å². The summed E-state index contributed by atoms with van der Waals surface area (Å²) in [5.74, 6) is -0.627. The van der Waals surface area contributed by atoms with Gasteiger partial charge in [-0.05, 0) is 60.5 Å². The molecule has 0 bridgehead atoms. The summed E-state index contributed by atoms with van der Waals surface area (Å²) in [4.78, 5) is 0. The molecule has 0 saturated carbocycles. The number of benzene rings is 2. The van der Waals surface area contributed by atoms with Crippen LogP contribution in [-0.2, 0) is 6.42 Å². The minimum Gasteiger partial charge on any atom is -0.310 e. The summed E-state index contributed by atoms with van der Waals surface area (Å²) in [6, 6.07) is 8.77. The normalized spacial score (nSPS) is 12.4. The SMILES string of the molecule is CCNC(Cc1cc(Cl)ccc1F)c1cc(F)ccc1Br. The molecule has 0 heterocycles. The second-order valence-electron chi connectivity index (χ2n) is 4.72. The quantitative estimate of drug-likeness (QED) is 0.751. The van der Waals surface area contributed by atoms with Crippen LogP contribution in [-0.4, -0.2) is 6.54 Å². The molecule has 112 valence electrons. The zero-order chi connectivity index (χ0) is 15.4. The molecule has 0 radical (unpaired) electrons. The van der Waals surface area contributed by atoms with Gasteiger partial charge in [0.15, 0.2) is 0 Å². The Balaban J connectivity index is 2.35. The minimum absolute atomic E-state index is 0.201. The van der Waals surface area contributed by atoms with Crippen LogP contribution in [0.25, 0.3) is 0 Å². The maximum Gasteiger partial charge on any atom is 0.126 e. The van der Waals surface area contributed by atoms with E-state index in [1.165, 1.54) is 24.3 Å². The molecule has 2 aromatic rings. The van der Waals surface area contributed by atoms with E-state index >= 15 is 0 Å². The summed E-state index contributed by atoms with van der Waals surface area (Å²) in [6.07, 6.45) is 0.391. The lowest BCUT2D eigenvalue weighted by Gasteiger charge is -2.20. The topological polar surface area (TPSA) is 12.0 Å². The first-order valence-corrected chi connectivity index (χ1v) is 7.80. The predicted molar refractivity (Wildman–Crippen MR) is 85.6 cm³/mol. The maximum absolute atomic E-state index is 13.9. The first kappa shape index (κ1) is 16.4. The largest absolute Gasteiger partial charge is 0.310 e. The van der Waals surface area contributed by atoms with Crippen LogP contribution in [0.1, 0.15) is 24.1 Å². The van der Waals surface area contributed by atoms with E-state index < -0.39 is 0 Å². The molecule has 0 aromatic heterocycles. The van der Waals surface area contributed by atoms with Crippen molar-refractivity contribution in [2.75, 3.05) is 6.54 Å². The fourth-order valence-corrected chi connectivity index (χ4v) is 2.96. The molecule has 1 unspecified atom stereocenters. The van der Waals surface area contributed by atoms with E-state index in [2.05, 4.69) is 21.2 Å². The molecule has 0 amide bonds. The molecule has 21 heavy (non-hydrogen) atoms. The number of nitrogens with one attached hydrogen (secondary N) is 1.